The summed E-state index contributed by atoms with van der Waals surface area (Å²) in [6, 6.07) is 0. The van der Waals surface area contributed by atoms with Crippen LogP contribution in [-0.2, 0) is 0 Å². The Morgan fingerprint density at radius 3 is 3.08 bits per heavy atom. The first kappa shape index (κ1) is 8.44. The van der Waals surface area contributed by atoms with E-state index in [1.165, 1.54) is 0 Å². The molecule has 0 aliphatic carbocycles. The second kappa shape index (κ2) is 3.70. The third-order valence-corrected chi connectivity index (χ3v) is 2.18. The average Bonchev–Trinajstić information content (AvgIpc) is 2.53. The Morgan fingerprint density at radius 1 is 1.54 bits per heavy atom. The molecule has 4 heteroatoms. The van der Waals surface area contributed by atoms with Crippen LogP contribution in [0.15, 0.2) is 18.6 Å². The molecule has 70 valence electrons. The van der Waals surface area contributed by atoms with Gasteiger partial charge in [0.15, 0.2) is 0 Å². The summed E-state index contributed by atoms with van der Waals surface area (Å²) >= 11 is 0. The molecule has 0 aromatic carbocycles. The first-order valence-electron chi connectivity index (χ1n) is 4.46. The Morgan fingerprint density at radius 2 is 2.46 bits per heavy atom. The van der Waals surface area contributed by atoms with E-state index in [0.29, 0.717) is 5.88 Å². The van der Waals surface area contributed by atoms with E-state index in [2.05, 4.69) is 21.9 Å². The zero-order chi connectivity index (χ0) is 9.10. The molecular formula is C9H13N3O. The molecular weight excluding hydrogens is 166 g/mol. The third-order valence-electron chi connectivity index (χ3n) is 2.18. The molecule has 1 aromatic heterocycles. The van der Waals surface area contributed by atoms with Crippen molar-refractivity contribution in [3.63, 3.8) is 0 Å². The largest absolute Gasteiger partial charge is 0.472 e. The third kappa shape index (κ3) is 2.15. The van der Waals surface area contributed by atoms with Crippen molar-refractivity contribution in [3.8, 4) is 5.88 Å². The lowest BCUT2D eigenvalue weighted by atomic mass is 10.3. The molecule has 1 aliphatic rings. The molecule has 0 spiro atoms. The van der Waals surface area contributed by atoms with Gasteiger partial charge in [-0.3, -0.25) is 4.98 Å². The summed E-state index contributed by atoms with van der Waals surface area (Å²) in [6.45, 7) is 2.08. The summed E-state index contributed by atoms with van der Waals surface area (Å²) in [4.78, 5) is 10.3. The van der Waals surface area contributed by atoms with Crippen molar-refractivity contribution in [3.05, 3.63) is 18.6 Å². The molecule has 1 atom stereocenters. The molecule has 13 heavy (non-hydrogen) atoms. The van der Waals surface area contributed by atoms with Crippen molar-refractivity contribution in [1.82, 2.24) is 14.9 Å². The normalized spacial score (nSPS) is 23.3. The maximum absolute atomic E-state index is 5.63. The first-order valence-corrected chi connectivity index (χ1v) is 4.46. The van der Waals surface area contributed by atoms with Crippen LogP contribution in [-0.4, -0.2) is 41.1 Å². The fraction of sp³-hybridized carbons (Fsp3) is 0.556. The molecule has 1 aromatic rings. The number of ether oxygens (including phenoxy) is 1. The summed E-state index contributed by atoms with van der Waals surface area (Å²) in [5, 5.41) is 0. The van der Waals surface area contributed by atoms with Crippen LogP contribution < -0.4 is 4.74 Å². The maximum atomic E-state index is 5.63. The Bertz CT molecular complexity index is 265. The highest BCUT2D eigenvalue weighted by Gasteiger charge is 2.20. The summed E-state index contributed by atoms with van der Waals surface area (Å²) in [6.07, 6.45) is 6.30. The second-order valence-corrected chi connectivity index (χ2v) is 3.33. The highest BCUT2D eigenvalue weighted by Crippen LogP contribution is 2.13. The van der Waals surface area contributed by atoms with Gasteiger partial charge >= 0.3 is 0 Å². The van der Waals surface area contributed by atoms with Crippen LogP contribution in [0.4, 0.5) is 0 Å². The summed E-state index contributed by atoms with van der Waals surface area (Å²) in [7, 11) is 2.10. The van der Waals surface area contributed by atoms with Crippen molar-refractivity contribution < 1.29 is 4.74 Å². The van der Waals surface area contributed by atoms with Gasteiger partial charge in [0, 0.05) is 25.5 Å². The van der Waals surface area contributed by atoms with Crippen molar-refractivity contribution in [1.29, 1.82) is 0 Å². The minimum absolute atomic E-state index is 0.279. The van der Waals surface area contributed by atoms with E-state index in [9.17, 15) is 0 Å². The zero-order valence-electron chi connectivity index (χ0n) is 7.68. The number of likely N-dealkylation sites (tertiary alicyclic amines) is 1. The molecule has 0 bridgehead atoms. The Balaban J connectivity index is 1.92. The van der Waals surface area contributed by atoms with Crippen LogP contribution in [0, 0.1) is 0 Å². The highest BCUT2D eigenvalue weighted by molar-refractivity contribution is 5.02. The van der Waals surface area contributed by atoms with Crippen LogP contribution >= 0.6 is 0 Å². The minimum Gasteiger partial charge on any atom is -0.472 e. The second-order valence-electron chi connectivity index (χ2n) is 3.33. The monoisotopic (exact) mass is 179 g/mol. The lowest BCUT2D eigenvalue weighted by Gasteiger charge is -2.11. The molecule has 0 N–H and O–H groups in total. The standard InChI is InChI=1S/C9H13N3O/c1-12-5-2-8(7-12)13-9-6-10-3-4-11-9/h3-4,6,8H,2,5,7H2,1H3/t8-/m1/s1. The fourth-order valence-corrected chi connectivity index (χ4v) is 1.51. The van der Waals surface area contributed by atoms with E-state index in [-0.39, 0.29) is 6.10 Å². The topological polar surface area (TPSA) is 38.2 Å². The number of likely N-dealkylation sites (N-methyl/N-ethyl adjacent to an activating group) is 1. The first-order chi connectivity index (χ1) is 6.34. The van der Waals surface area contributed by atoms with Gasteiger partial charge in [0.2, 0.25) is 5.88 Å². The van der Waals surface area contributed by atoms with Gasteiger partial charge in [0.1, 0.15) is 6.10 Å². The maximum Gasteiger partial charge on any atom is 0.232 e. The van der Waals surface area contributed by atoms with Gasteiger partial charge in [-0.05, 0) is 13.5 Å². The van der Waals surface area contributed by atoms with Crippen molar-refractivity contribution >= 4 is 0 Å². The number of rotatable bonds is 2. The average molecular weight is 179 g/mol. The van der Waals surface area contributed by atoms with Gasteiger partial charge in [-0.15, -0.1) is 0 Å². The van der Waals surface area contributed by atoms with Gasteiger partial charge in [0.05, 0.1) is 6.20 Å². The number of hydrogen-bond acceptors (Lipinski definition) is 4. The fourth-order valence-electron chi connectivity index (χ4n) is 1.51. The smallest absolute Gasteiger partial charge is 0.232 e. The minimum atomic E-state index is 0.279. The molecule has 0 unspecified atom stereocenters. The van der Waals surface area contributed by atoms with E-state index < -0.39 is 0 Å². The predicted octanol–water partition coefficient (Wildman–Crippen LogP) is 0.559. The molecule has 1 saturated heterocycles. The molecule has 2 heterocycles. The van der Waals surface area contributed by atoms with E-state index in [0.717, 1.165) is 19.5 Å². The van der Waals surface area contributed by atoms with E-state index >= 15 is 0 Å². The van der Waals surface area contributed by atoms with Crippen LogP contribution in [0.25, 0.3) is 0 Å². The predicted molar refractivity (Wildman–Crippen MR) is 48.6 cm³/mol. The van der Waals surface area contributed by atoms with E-state index in [4.69, 9.17) is 4.74 Å². The Labute approximate surface area is 77.6 Å². The molecule has 1 aliphatic heterocycles. The number of hydrogen-bond donors (Lipinski definition) is 0. The van der Waals surface area contributed by atoms with Gasteiger partial charge < -0.3 is 9.64 Å². The van der Waals surface area contributed by atoms with Crippen LogP contribution in [0.2, 0.25) is 0 Å². The van der Waals surface area contributed by atoms with E-state index in [1.54, 1.807) is 18.6 Å². The van der Waals surface area contributed by atoms with Gasteiger partial charge in [-0.25, -0.2) is 4.98 Å². The SMILES string of the molecule is CN1CC[C@@H](Oc2cnccn2)C1. The van der Waals surface area contributed by atoms with E-state index in [1.807, 2.05) is 0 Å². The molecule has 4 nitrogen and oxygen atoms in total. The lowest BCUT2D eigenvalue weighted by Crippen LogP contribution is -2.21. The molecule has 2 rings (SSSR count). The molecule has 0 radical (unpaired) electrons. The van der Waals surface area contributed by atoms with Crippen molar-refractivity contribution in [2.75, 3.05) is 20.1 Å². The van der Waals surface area contributed by atoms with Crippen molar-refractivity contribution in [2.24, 2.45) is 0 Å². The Kier molecular flexibility index (Phi) is 2.40. The number of nitrogens with zero attached hydrogens (tertiary/aromatic N) is 3. The molecule has 1 fully saturated rings. The van der Waals surface area contributed by atoms with Crippen LogP contribution in [0.3, 0.4) is 0 Å². The van der Waals surface area contributed by atoms with Gasteiger partial charge in [-0.1, -0.05) is 0 Å². The summed E-state index contributed by atoms with van der Waals surface area (Å²) in [5.74, 6) is 0.628. The quantitative estimate of drug-likeness (QED) is 0.665. The van der Waals surface area contributed by atoms with Crippen molar-refractivity contribution in [2.45, 2.75) is 12.5 Å². The molecule has 0 saturated carbocycles. The Hall–Kier alpha value is -1.16. The number of aromatic nitrogens is 2. The van der Waals surface area contributed by atoms with Gasteiger partial charge in [0.25, 0.3) is 0 Å². The molecule has 0 amide bonds. The zero-order valence-corrected chi connectivity index (χ0v) is 7.68. The highest BCUT2D eigenvalue weighted by atomic mass is 16.5. The summed E-state index contributed by atoms with van der Waals surface area (Å²) < 4.78 is 5.63. The van der Waals surface area contributed by atoms with Crippen LogP contribution in [0.1, 0.15) is 6.42 Å². The lowest BCUT2D eigenvalue weighted by molar-refractivity contribution is 0.199. The van der Waals surface area contributed by atoms with Gasteiger partial charge in [-0.2, -0.15) is 0 Å². The van der Waals surface area contributed by atoms with Crippen LogP contribution in [0.5, 0.6) is 5.88 Å². The summed E-state index contributed by atoms with van der Waals surface area (Å²) in [5.41, 5.74) is 0.